The van der Waals surface area contributed by atoms with Crippen LogP contribution in [-0.4, -0.2) is 17.3 Å². The smallest absolute Gasteiger partial charge is 0.0611 e. The van der Waals surface area contributed by atoms with E-state index in [0.29, 0.717) is 0 Å². The normalized spacial score (nSPS) is 13.2. The van der Waals surface area contributed by atoms with Crippen LogP contribution in [0, 0.1) is 6.92 Å². The quantitative estimate of drug-likeness (QED) is 0.370. The summed E-state index contributed by atoms with van der Waals surface area (Å²) in [4.78, 5) is 2.54. The summed E-state index contributed by atoms with van der Waals surface area (Å²) in [5.74, 6) is 0. The fourth-order valence-electron chi connectivity index (χ4n) is 4.01. The largest absolute Gasteiger partial charge is 0.394 e. The molecule has 2 nitrogen and oxygen atoms in total. The highest BCUT2D eigenvalue weighted by Crippen LogP contribution is 2.30. The molecule has 0 radical (unpaired) electrons. The minimum absolute atomic E-state index is 0.0500. The molecule has 3 aromatic carbocycles. The van der Waals surface area contributed by atoms with Crippen LogP contribution in [0.1, 0.15) is 48.4 Å². The van der Waals surface area contributed by atoms with Gasteiger partial charge in [-0.15, -0.1) is 0 Å². The molecule has 3 aromatic rings. The molecule has 3 rings (SSSR count). The van der Waals surface area contributed by atoms with Crippen LogP contribution in [0.3, 0.4) is 0 Å². The second-order valence-corrected chi connectivity index (χ2v) is 9.74. The van der Waals surface area contributed by atoms with Crippen LogP contribution in [0.2, 0.25) is 0 Å². The van der Waals surface area contributed by atoms with Crippen LogP contribution < -0.4 is 5.73 Å². The molecular weight excluding hydrogens is 398 g/mol. The van der Waals surface area contributed by atoms with Gasteiger partial charge in [0.2, 0.25) is 0 Å². The van der Waals surface area contributed by atoms with Crippen LogP contribution in [-0.2, 0) is 19.3 Å². The van der Waals surface area contributed by atoms with E-state index in [2.05, 4.69) is 86.6 Å². The van der Waals surface area contributed by atoms with Crippen molar-refractivity contribution in [3.63, 3.8) is 0 Å². The Hall–Kier alpha value is -2.07. The van der Waals surface area contributed by atoms with Gasteiger partial charge in [-0.2, -0.15) is 0 Å². The third kappa shape index (κ3) is 7.24. The van der Waals surface area contributed by atoms with Gasteiger partial charge in [0.05, 0.1) is 6.61 Å². The van der Waals surface area contributed by atoms with Gasteiger partial charge in [0, 0.05) is 15.3 Å². The number of hydrogen-bond donors (Lipinski definition) is 2. The predicted octanol–water partition coefficient (Wildman–Crippen LogP) is 6.35. The van der Waals surface area contributed by atoms with Crippen molar-refractivity contribution in [3.8, 4) is 0 Å². The molecule has 0 spiro atoms. The maximum Gasteiger partial charge on any atom is 0.0611 e. The van der Waals surface area contributed by atoms with E-state index in [-0.39, 0.29) is 6.61 Å². The minimum atomic E-state index is -0.463. The van der Waals surface area contributed by atoms with Gasteiger partial charge in [-0.25, -0.2) is 0 Å². The Balaban J connectivity index is 1.60. The molecule has 0 fully saturated rings. The van der Waals surface area contributed by atoms with E-state index in [9.17, 15) is 5.11 Å². The number of aryl methyl sites for hydroxylation is 4. The van der Waals surface area contributed by atoms with Gasteiger partial charge >= 0.3 is 0 Å². The Morgan fingerprint density at radius 3 is 2.23 bits per heavy atom. The molecule has 0 aliphatic rings. The van der Waals surface area contributed by atoms with E-state index in [1.54, 1.807) is 0 Å². The van der Waals surface area contributed by atoms with Gasteiger partial charge in [-0.1, -0.05) is 73.6 Å². The van der Waals surface area contributed by atoms with Crippen molar-refractivity contribution in [2.24, 2.45) is 5.73 Å². The first-order chi connectivity index (χ1) is 15.0. The molecule has 1 atom stereocenters. The van der Waals surface area contributed by atoms with E-state index in [1.807, 2.05) is 11.8 Å². The van der Waals surface area contributed by atoms with E-state index in [0.717, 1.165) is 38.5 Å². The lowest BCUT2D eigenvalue weighted by molar-refractivity contribution is 0.177. The third-order valence-electron chi connectivity index (χ3n) is 5.95. The molecule has 0 saturated carbocycles. The van der Waals surface area contributed by atoms with Crippen LogP contribution in [0.4, 0.5) is 0 Å². The Bertz CT molecular complexity index is 956. The molecule has 164 valence electrons. The van der Waals surface area contributed by atoms with Crippen LogP contribution in [0.25, 0.3) is 0 Å². The minimum Gasteiger partial charge on any atom is -0.394 e. The van der Waals surface area contributed by atoms with Crippen LogP contribution in [0.5, 0.6) is 0 Å². The van der Waals surface area contributed by atoms with Gasteiger partial charge in [-0.3, -0.25) is 0 Å². The molecule has 0 aliphatic carbocycles. The third-order valence-corrected chi connectivity index (χ3v) is 6.93. The molecule has 0 unspecified atom stereocenters. The highest BCUT2D eigenvalue weighted by Gasteiger charge is 2.22. The summed E-state index contributed by atoms with van der Waals surface area (Å²) in [5.41, 5.74) is 11.3. The first-order valence-corrected chi connectivity index (χ1v) is 12.1. The molecular formula is C28H35NOS. The van der Waals surface area contributed by atoms with Gasteiger partial charge in [-0.05, 0) is 85.5 Å². The van der Waals surface area contributed by atoms with Crippen molar-refractivity contribution in [1.29, 1.82) is 0 Å². The lowest BCUT2D eigenvalue weighted by atomic mass is 9.88. The molecule has 3 heteroatoms. The van der Waals surface area contributed by atoms with Crippen molar-refractivity contribution in [1.82, 2.24) is 0 Å². The number of nitrogens with two attached hydrogens (primary N) is 1. The summed E-state index contributed by atoms with van der Waals surface area (Å²) in [6.07, 6.45) is 5.70. The standard InChI is InChI=1S/C28H35NOS/c1-3-17-28(29,21-30)18-16-25-14-15-27(19-22(25)2)31-26-11-7-10-24(20-26)13-12-23-8-5-4-6-9-23/h4-11,14-15,19-20,30H,3,12-13,16-18,21,29H2,1-2H3/t28-/m1/s1. The zero-order chi connectivity index (χ0) is 22.1. The fraction of sp³-hybridized carbons (Fsp3) is 0.357. The molecule has 3 N–H and O–H groups in total. The zero-order valence-corrected chi connectivity index (χ0v) is 19.6. The molecule has 31 heavy (non-hydrogen) atoms. The molecule has 0 amide bonds. The topological polar surface area (TPSA) is 46.2 Å². The second-order valence-electron chi connectivity index (χ2n) is 8.59. The Morgan fingerprint density at radius 2 is 1.52 bits per heavy atom. The number of aliphatic hydroxyl groups excluding tert-OH is 1. The maximum atomic E-state index is 9.67. The molecule has 0 saturated heterocycles. The molecule has 0 aromatic heterocycles. The summed E-state index contributed by atoms with van der Waals surface area (Å²) >= 11 is 1.82. The SMILES string of the molecule is CCC[C@](N)(CO)CCc1ccc(Sc2cccc(CCc3ccccc3)c2)cc1C. The van der Waals surface area contributed by atoms with Gasteiger partial charge in [0.25, 0.3) is 0 Å². The summed E-state index contributed by atoms with van der Waals surface area (Å²) in [6.45, 7) is 4.34. The van der Waals surface area contributed by atoms with Crippen LogP contribution >= 0.6 is 11.8 Å². The highest BCUT2D eigenvalue weighted by atomic mass is 32.2. The van der Waals surface area contributed by atoms with Crippen molar-refractivity contribution >= 4 is 11.8 Å². The maximum absolute atomic E-state index is 9.67. The lowest BCUT2D eigenvalue weighted by Crippen LogP contribution is -2.44. The van der Waals surface area contributed by atoms with E-state index < -0.39 is 5.54 Å². The van der Waals surface area contributed by atoms with Crippen molar-refractivity contribution < 1.29 is 5.11 Å². The van der Waals surface area contributed by atoms with Crippen LogP contribution in [0.15, 0.2) is 82.6 Å². The average molecular weight is 434 g/mol. The number of hydrogen-bond acceptors (Lipinski definition) is 3. The van der Waals surface area contributed by atoms with E-state index in [1.165, 1.54) is 32.0 Å². The first-order valence-electron chi connectivity index (χ1n) is 11.3. The number of benzene rings is 3. The van der Waals surface area contributed by atoms with Gasteiger partial charge in [0.15, 0.2) is 0 Å². The molecule has 0 aliphatic heterocycles. The Labute approximate surface area is 191 Å². The summed E-state index contributed by atoms with van der Waals surface area (Å²) in [7, 11) is 0. The second kappa shape index (κ2) is 11.5. The first kappa shape index (κ1) is 23.6. The van der Waals surface area contributed by atoms with Gasteiger partial charge < -0.3 is 10.8 Å². The lowest BCUT2D eigenvalue weighted by Gasteiger charge is -2.27. The van der Waals surface area contributed by atoms with Crippen molar-refractivity contribution in [2.75, 3.05) is 6.61 Å². The molecule has 0 bridgehead atoms. The highest BCUT2D eigenvalue weighted by molar-refractivity contribution is 7.99. The Morgan fingerprint density at radius 1 is 0.806 bits per heavy atom. The Kier molecular flexibility index (Phi) is 8.77. The number of rotatable bonds is 11. The zero-order valence-electron chi connectivity index (χ0n) is 18.8. The summed E-state index contributed by atoms with van der Waals surface area (Å²) in [5, 5.41) is 9.67. The predicted molar refractivity (Wildman–Crippen MR) is 133 cm³/mol. The monoisotopic (exact) mass is 433 g/mol. The summed E-state index contributed by atoms with van der Waals surface area (Å²) in [6, 6.07) is 26.3. The van der Waals surface area contributed by atoms with Crippen molar-refractivity contribution in [2.45, 2.75) is 67.7 Å². The fourth-order valence-corrected chi connectivity index (χ4v) is 5.01. The molecule has 0 heterocycles. The van der Waals surface area contributed by atoms with E-state index in [4.69, 9.17) is 5.73 Å². The van der Waals surface area contributed by atoms with Crippen molar-refractivity contribution in [3.05, 3.63) is 95.1 Å². The van der Waals surface area contributed by atoms with E-state index >= 15 is 0 Å². The summed E-state index contributed by atoms with van der Waals surface area (Å²) < 4.78 is 0. The average Bonchev–Trinajstić information content (AvgIpc) is 2.78. The number of aliphatic hydroxyl groups is 1. The van der Waals surface area contributed by atoms with Gasteiger partial charge in [0.1, 0.15) is 0 Å².